The second kappa shape index (κ2) is 9.17. The van der Waals surface area contributed by atoms with Crippen LogP contribution in [-0.2, 0) is 4.74 Å². The second-order valence-corrected chi connectivity index (χ2v) is 8.29. The highest BCUT2D eigenvalue weighted by molar-refractivity contribution is 5.99. The number of rotatable bonds is 5. The van der Waals surface area contributed by atoms with Gasteiger partial charge < -0.3 is 15.0 Å². The summed E-state index contributed by atoms with van der Waals surface area (Å²) in [7, 11) is 0. The summed E-state index contributed by atoms with van der Waals surface area (Å²) in [4.78, 5) is 24.3. The lowest BCUT2D eigenvalue weighted by atomic mass is 9.98. The Kier molecular flexibility index (Phi) is 6.17. The molecule has 7 heteroatoms. The molecule has 1 amide bonds. The molecule has 0 bridgehead atoms. The Hall–Kier alpha value is -3.40. The maximum atomic E-state index is 13.3. The molecular formula is C24H27N5O2. The van der Waals surface area contributed by atoms with Crippen LogP contribution in [-0.4, -0.2) is 46.5 Å². The van der Waals surface area contributed by atoms with Crippen LogP contribution in [0.25, 0.3) is 11.3 Å². The molecule has 1 atom stereocenters. The van der Waals surface area contributed by atoms with Crippen molar-refractivity contribution in [2.24, 2.45) is 5.92 Å². The second-order valence-electron chi connectivity index (χ2n) is 8.29. The van der Waals surface area contributed by atoms with E-state index in [0.717, 1.165) is 43.7 Å². The van der Waals surface area contributed by atoms with Crippen molar-refractivity contribution < 1.29 is 9.53 Å². The topological polar surface area (TPSA) is 91.1 Å². The first kappa shape index (κ1) is 20.9. The van der Waals surface area contributed by atoms with Gasteiger partial charge in [-0.15, -0.1) is 0 Å². The fourth-order valence-corrected chi connectivity index (χ4v) is 3.91. The molecule has 3 heterocycles. The van der Waals surface area contributed by atoms with Gasteiger partial charge in [-0.05, 0) is 43.9 Å². The van der Waals surface area contributed by atoms with Gasteiger partial charge in [0.15, 0.2) is 0 Å². The molecule has 2 aliphatic heterocycles. The summed E-state index contributed by atoms with van der Waals surface area (Å²) in [5, 5.41) is 12.3. The third-order valence-electron chi connectivity index (χ3n) is 5.89. The summed E-state index contributed by atoms with van der Waals surface area (Å²) in [5.74, 6) is 1.98. The van der Waals surface area contributed by atoms with Crippen LogP contribution in [0.5, 0.6) is 0 Å². The van der Waals surface area contributed by atoms with Crippen LogP contribution in [0, 0.1) is 17.2 Å². The van der Waals surface area contributed by atoms with E-state index in [9.17, 15) is 4.79 Å². The van der Waals surface area contributed by atoms with Gasteiger partial charge in [-0.2, -0.15) is 5.26 Å². The van der Waals surface area contributed by atoms with Crippen LogP contribution >= 0.6 is 0 Å². The number of carbonyl (C=O) groups is 1. The average Bonchev–Trinajstić information content (AvgIpc) is 3.23. The van der Waals surface area contributed by atoms with Crippen molar-refractivity contribution in [3.63, 3.8) is 0 Å². The Labute approximate surface area is 182 Å². The summed E-state index contributed by atoms with van der Waals surface area (Å²) in [6.07, 6.45) is 6.60. The van der Waals surface area contributed by atoms with Crippen molar-refractivity contribution in [1.29, 1.82) is 5.26 Å². The minimum atomic E-state index is -0.0447. The van der Waals surface area contributed by atoms with Gasteiger partial charge >= 0.3 is 0 Å². The molecule has 0 radical (unpaired) electrons. The van der Waals surface area contributed by atoms with Crippen molar-refractivity contribution in [3.05, 3.63) is 53.4 Å². The SMILES string of the molecule is CC1=CCC(CNc2ncc(C(=O)N3CCC(C)CC3)c(-c3ccc(C#N)cc3)n2)O1. The fraction of sp³-hybridized carbons (Fsp3) is 0.417. The molecule has 2 aromatic rings. The third kappa shape index (κ3) is 4.85. The standard InChI is InChI=1S/C24H27N5O2/c1-16-9-11-29(12-10-16)23(30)21-15-27-24(26-14-20-8-3-17(2)31-20)28-22(21)19-6-4-18(13-25)5-7-19/h3-7,15-16,20H,8-12,14H2,1-2H3,(H,26,27,28). The Balaban J connectivity index is 1.60. The van der Waals surface area contributed by atoms with Crippen molar-refractivity contribution >= 4 is 11.9 Å². The van der Waals surface area contributed by atoms with E-state index in [0.29, 0.717) is 35.2 Å². The van der Waals surface area contributed by atoms with E-state index in [1.54, 1.807) is 18.3 Å². The van der Waals surface area contributed by atoms with Crippen LogP contribution in [0.4, 0.5) is 5.95 Å². The molecule has 0 aliphatic carbocycles. The number of piperidine rings is 1. The smallest absolute Gasteiger partial charge is 0.257 e. The number of nitriles is 1. The van der Waals surface area contributed by atoms with Crippen LogP contribution in [0.1, 0.15) is 49.0 Å². The quantitative estimate of drug-likeness (QED) is 0.791. The van der Waals surface area contributed by atoms with Crippen molar-refractivity contribution in [3.8, 4) is 17.3 Å². The minimum Gasteiger partial charge on any atom is -0.493 e. The number of nitrogens with one attached hydrogen (secondary N) is 1. The molecule has 0 saturated carbocycles. The van der Waals surface area contributed by atoms with Gasteiger partial charge in [0.2, 0.25) is 5.95 Å². The van der Waals surface area contributed by atoms with Gasteiger partial charge in [0, 0.05) is 31.3 Å². The number of amides is 1. The lowest BCUT2D eigenvalue weighted by Gasteiger charge is -2.30. The Morgan fingerprint density at radius 1 is 1.29 bits per heavy atom. The van der Waals surface area contributed by atoms with Gasteiger partial charge in [0.05, 0.1) is 35.2 Å². The zero-order valence-electron chi connectivity index (χ0n) is 18.0. The molecule has 4 rings (SSSR count). The average molecular weight is 418 g/mol. The molecule has 1 aromatic carbocycles. The number of carbonyl (C=O) groups excluding carboxylic acids is 1. The normalized spacial score (nSPS) is 18.8. The molecule has 31 heavy (non-hydrogen) atoms. The molecule has 1 N–H and O–H groups in total. The van der Waals surface area contributed by atoms with Crippen LogP contribution < -0.4 is 5.32 Å². The summed E-state index contributed by atoms with van der Waals surface area (Å²) < 4.78 is 5.72. The minimum absolute atomic E-state index is 0.0447. The zero-order valence-corrected chi connectivity index (χ0v) is 18.0. The predicted octanol–water partition coefficient (Wildman–Crippen LogP) is 3.99. The van der Waals surface area contributed by atoms with Gasteiger partial charge in [-0.3, -0.25) is 4.79 Å². The predicted molar refractivity (Wildman–Crippen MR) is 118 cm³/mol. The molecule has 7 nitrogen and oxygen atoms in total. The summed E-state index contributed by atoms with van der Waals surface area (Å²) in [5.41, 5.74) is 2.41. The van der Waals surface area contributed by atoms with Crippen LogP contribution in [0.15, 0.2) is 42.3 Å². The molecule has 1 fully saturated rings. The molecule has 160 valence electrons. The third-order valence-corrected chi connectivity index (χ3v) is 5.89. The number of likely N-dealkylation sites (tertiary alicyclic amines) is 1. The van der Waals surface area contributed by atoms with Gasteiger partial charge in [0.25, 0.3) is 5.91 Å². The highest BCUT2D eigenvalue weighted by atomic mass is 16.5. The van der Waals surface area contributed by atoms with E-state index in [-0.39, 0.29) is 12.0 Å². The largest absolute Gasteiger partial charge is 0.493 e. The number of hydrogen-bond acceptors (Lipinski definition) is 6. The molecule has 2 aliphatic rings. The summed E-state index contributed by atoms with van der Waals surface area (Å²) in [6.45, 7) is 6.24. The zero-order chi connectivity index (χ0) is 21.8. The van der Waals surface area contributed by atoms with E-state index >= 15 is 0 Å². The number of hydrogen-bond donors (Lipinski definition) is 1. The van der Waals surface area contributed by atoms with Crippen LogP contribution in [0.3, 0.4) is 0 Å². The highest BCUT2D eigenvalue weighted by Gasteiger charge is 2.25. The van der Waals surface area contributed by atoms with Gasteiger partial charge in [0.1, 0.15) is 6.10 Å². The molecule has 1 aromatic heterocycles. The first-order valence-electron chi connectivity index (χ1n) is 10.8. The fourth-order valence-electron chi connectivity index (χ4n) is 3.91. The number of anilines is 1. The molecule has 1 saturated heterocycles. The van der Waals surface area contributed by atoms with E-state index in [1.807, 2.05) is 24.0 Å². The maximum Gasteiger partial charge on any atom is 0.257 e. The Morgan fingerprint density at radius 3 is 2.68 bits per heavy atom. The van der Waals surface area contributed by atoms with E-state index < -0.39 is 0 Å². The molecular weight excluding hydrogens is 390 g/mol. The lowest BCUT2D eigenvalue weighted by Crippen LogP contribution is -2.38. The molecule has 1 unspecified atom stereocenters. The van der Waals surface area contributed by atoms with Crippen LogP contribution in [0.2, 0.25) is 0 Å². The molecule has 0 spiro atoms. The number of ether oxygens (including phenoxy) is 1. The first-order chi connectivity index (χ1) is 15.0. The maximum absolute atomic E-state index is 13.3. The first-order valence-corrected chi connectivity index (χ1v) is 10.8. The summed E-state index contributed by atoms with van der Waals surface area (Å²) >= 11 is 0. The number of nitrogens with zero attached hydrogens (tertiary/aromatic N) is 4. The van der Waals surface area contributed by atoms with E-state index in [2.05, 4.69) is 34.4 Å². The number of benzene rings is 1. The van der Waals surface area contributed by atoms with Crippen molar-refractivity contribution in [2.75, 3.05) is 25.0 Å². The Bertz CT molecular complexity index is 1020. The Morgan fingerprint density at radius 2 is 2.03 bits per heavy atom. The van der Waals surface area contributed by atoms with E-state index in [1.165, 1.54) is 0 Å². The van der Waals surface area contributed by atoms with Crippen molar-refractivity contribution in [1.82, 2.24) is 14.9 Å². The van der Waals surface area contributed by atoms with Crippen molar-refractivity contribution in [2.45, 2.75) is 39.2 Å². The van der Waals surface area contributed by atoms with Gasteiger partial charge in [-0.1, -0.05) is 19.1 Å². The summed E-state index contributed by atoms with van der Waals surface area (Å²) in [6, 6.07) is 9.26. The van der Waals surface area contributed by atoms with Gasteiger partial charge in [-0.25, -0.2) is 9.97 Å². The monoisotopic (exact) mass is 417 g/mol. The number of allylic oxidation sites excluding steroid dienone is 1. The highest BCUT2D eigenvalue weighted by Crippen LogP contribution is 2.26. The number of aromatic nitrogens is 2. The lowest BCUT2D eigenvalue weighted by molar-refractivity contribution is 0.0697. The van der Waals surface area contributed by atoms with E-state index in [4.69, 9.17) is 10.00 Å².